The summed E-state index contributed by atoms with van der Waals surface area (Å²) in [6.45, 7) is 1.33. The third-order valence-electron chi connectivity index (χ3n) is 3.06. The van der Waals surface area contributed by atoms with E-state index < -0.39 is 23.7 Å². The first-order chi connectivity index (χ1) is 11.2. The van der Waals surface area contributed by atoms with Gasteiger partial charge in [-0.05, 0) is 13.0 Å². The van der Waals surface area contributed by atoms with E-state index in [-0.39, 0.29) is 22.0 Å². The van der Waals surface area contributed by atoms with Crippen LogP contribution in [0.4, 0.5) is 13.2 Å². The lowest BCUT2D eigenvalue weighted by Gasteiger charge is -2.11. The molecule has 9 heteroatoms. The van der Waals surface area contributed by atoms with Crippen LogP contribution in [0.15, 0.2) is 29.3 Å². The third kappa shape index (κ3) is 3.89. The molecular weight excluding hydrogens is 341 g/mol. The predicted molar refractivity (Wildman–Crippen MR) is 82.8 cm³/mol. The number of ketones is 1. The Morgan fingerprint density at radius 2 is 2.04 bits per heavy atom. The van der Waals surface area contributed by atoms with Gasteiger partial charge in [0.2, 0.25) is 5.82 Å². The van der Waals surface area contributed by atoms with E-state index in [0.717, 1.165) is 11.8 Å². The van der Waals surface area contributed by atoms with E-state index in [2.05, 4.69) is 9.97 Å². The lowest BCUT2D eigenvalue weighted by atomic mass is 10.0. The number of nitrogens with one attached hydrogen (secondary N) is 1. The van der Waals surface area contributed by atoms with Gasteiger partial charge in [-0.3, -0.25) is 4.79 Å². The molecule has 0 aliphatic heterocycles. The first-order valence-corrected chi connectivity index (χ1v) is 7.66. The maximum absolute atomic E-state index is 12.9. The summed E-state index contributed by atoms with van der Waals surface area (Å²) in [5.41, 5.74) is 0.0152. The highest BCUT2D eigenvalue weighted by Crippen LogP contribution is 2.32. The van der Waals surface area contributed by atoms with Gasteiger partial charge in [0.15, 0.2) is 5.78 Å². The van der Waals surface area contributed by atoms with Crippen molar-refractivity contribution in [1.82, 2.24) is 9.97 Å². The fraction of sp³-hybridized carbons (Fsp3) is 0.267. The molecule has 0 spiro atoms. The number of thioether (sulfide) groups is 1. The fourth-order valence-corrected chi connectivity index (χ4v) is 2.84. The van der Waals surface area contributed by atoms with Crippen molar-refractivity contribution < 1.29 is 18.0 Å². The highest BCUT2D eigenvalue weighted by Gasteiger charge is 2.35. The number of carbonyl (C=O) groups excluding carboxylic acids is 1. The average Bonchev–Trinajstić information content (AvgIpc) is 2.51. The molecule has 1 aromatic heterocycles. The number of carbonyl (C=O) groups is 1. The molecule has 0 aliphatic carbocycles. The van der Waals surface area contributed by atoms with Crippen LogP contribution < -0.4 is 0 Å². The Balaban J connectivity index is 2.36. The molecule has 124 valence electrons. The number of fused-ring (bicyclic) bond motifs is 1. The summed E-state index contributed by atoms with van der Waals surface area (Å²) >= 11 is 0.801. The van der Waals surface area contributed by atoms with Gasteiger partial charge in [0.25, 0.3) is 0 Å². The Bertz CT molecular complexity index is 845. The molecule has 0 amide bonds. The molecule has 24 heavy (non-hydrogen) atoms. The molecule has 0 fully saturated rings. The van der Waals surface area contributed by atoms with Gasteiger partial charge in [0.05, 0.1) is 17.3 Å². The van der Waals surface area contributed by atoms with Crippen LogP contribution in [0.3, 0.4) is 0 Å². The highest BCUT2D eigenvalue weighted by molar-refractivity contribution is 8.00. The third-order valence-corrected chi connectivity index (χ3v) is 4.07. The van der Waals surface area contributed by atoms with E-state index in [1.807, 2.05) is 0 Å². The zero-order chi connectivity index (χ0) is 17.9. The van der Waals surface area contributed by atoms with E-state index in [1.54, 1.807) is 24.3 Å². The molecule has 5 nitrogen and oxygen atoms in total. The number of nitrogens with zero attached hydrogens (tertiary/aromatic N) is 3. The number of Topliss-reactive ketones (excluding diaryl/α,β-unsaturated/α-hetero) is 1. The first kappa shape index (κ1) is 17.9. The summed E-state index contributed by atoms with van der Waals surface area (Å²) < 4.78 is 38.7. The first-order valence-electron chi connectivity index (χ1n) is 6.68. The van der Waals surface area contributed by atoms with Gasteiger partial charge in [-0.15, -0.1) is 0 Å². The molecule has 0 aliphatic rings. The minimum Gasteiger partial charge on any atom is -0.308 e. The maximum Gasteiger partial charge on any atom is 0.451 e. The predicted octanol–water partition coefficient (Wildman–Crippen LogP) is 3.49. The summed E-state index contributed by atoms with van der Waals surface area (Å²) in [5.74, 6) is -3.29. The summed E-state index contributed by atoms with van der Waals surface area (Å²) in [6.07, 6.45) is -4.70. The minimum atomic E-state index is -4.70. The maximum atomic E-state index is 12.9. The van der Waals surface area contributed by atoms with Crippen molar-refractivity contribution in [2.75, 3.05) is 5.75 Å². The number of hydrogen-bond acceptors (Lipinski definition) is 6. The lowest BCUT2D eigenvalue weighted by Crippen LogP contribution is -2.21. The second-order valence-electron chi connectivity index (χ2n) is 4.87. The van der Waals surface area contributed by atoms with Crippen molar-refractivity contribution in [3.8, 4) is 6.07 Å². The van der Waals surface area contributed by atoms with Crippen LogP contribution in [0.1, 0.15) is 12.7 Å². The van der Waals surface area contributed by atoms with E-state index >= 15 is 0 Å². The Morgan fingerprint density at radius 1 is 1.38 bits per heavy atom. The largest absolute Gasteiger partial charge is 0.451 e. The molecule has 0 saturated heterocycles. The molecule has 2 aromatic rings. The number of halogens is 3. The Kier molecular flexibility index (Phi) is 5.19. The van der Waals surface area contributed by atoms with Gasteiger partial charge in [-0.2, -0.15) is 18.4 Å². The van der Waals surface area contributed by atoms with E-state index in [9.17, 15) is 18.0 Å². The number of para-hydroxylation sites is 1. The Morgan fingerprint density at radius 3 is 2.62 bits per heavy atom. The van der Waals surface area contributed by atoms with Gasteiger partial charge in [0, 0.05) is 11.1 Å². The number of aromatic nitrogens is 2. The molecule has 1 unspecified atom stereocenters. The van der Waals surface area contributed by atoms with Crippen molar-refractivity contribution in [2.45, 2.75) is 18.1 Å². The van der Waals surface area contributed by atoms with Crippen molar-refractivity contribution in [3.05, 3.63) is 30.1 Å². The molecule has 1 aromatic carbocycles. The van der Waals surface area contributed by atoms with E-state index in [1.165, 1.54) is 13.0 Å². The number of rotatable bonds is 5. The second-order valence-corrected chi connectivity index (χ2v) is 5.83. The van der Waals surface area contributed by atoms with Crippen LogP contribution in [0, 0.1) is 22.7 Å². The van der Waals surface area contributed by atoms with Crippen LogP contribution in [0.5, 0.6) is 0 Å². The topological polar surface area (TPSA) is 90.5 Å². The van der Waals surface area contributed by atoms with Crippen LogP contribution in [-0.2, 0) is 11.0 Å². The molecule has 1 heterocycles. The fourth-order valence-electron chi connectivity index (χ4n) is 1.92. The zero-order valence-corrected chi connectivity index (χ0v) is 13.2. The van der Waals surface area contributed by atoms with Crippen LogP contribution in [0.2, 0.25) is 0 Å². The monoisotopic (exact) mass is 352 g/mol. The van der Waals surface area contributed by atoms with Crippen LogP contribution in [-0.4, -0.2) is 27.2 Å². The molecule has 0 saturated carbocycles. The van der Waals surface area contributed by atoms with Gasteiger partial charge in [-0.1, -0.05) is 30.0 Å². The van der Waals surface area contributed by atoms with E-state index in [4.69, 9.17) is 10.7 Å². The number of nitriles is 1. The molecule has 1 atom stereocenters. The molecule has 1 N–H and O–H groups in total. The zero-order valence-electron chi connectivity index (χ0n) is 12.4. The van der Waals surface area contributed by atoms with Crippen molar-refractivity contribution >= 4 is 34.2 Å². The highest BCUT2D eigenvalue weighted by atomic mass is 32.2. The normalized spacial score (nSPS) is 12.6. The van der Waals surface area contributed by atoms with Crippen LogP contribution >= 0.6 is 11.8 Å². The van der Waals surface area contributed by atoms with Gasteiger partial charge < -0.3 is 5.41 Å². The Hall–Kier alpha value is -2.47. The van der Waals surface area contributed by atoms with Crippen molar-refractivity contribution in [2.24, 2.45) is 5.92 Å². The smallest absolute Gasteiger partial charge is 0.308 e. The average molecular weight is 352 g/mol. The standard InChI is InChI=1S/C15H11F3N4OS/c1-8(20)10(6-19)12(23)7-24-13-9-4-2-3-5-11(9)21-14(22-13)15(16,17)18/h2-5,10,20H,7H2,1H3. The SMILES string of the molecule is CC(=N)C(C#N)C(=O)CSc1nc(C(F)(F)F)nc2ccccc12. The summed E-state index contributed by atoms with van der Waals surface area (Å²) in [5, 5.41) is 16.7. The van der Waals surface area contributed by atoms with Gasteiger partial charge in [0.1, 0.15) is 10.9 Å². The van der Waals surface area contributed by atoms with Crippen LogP contribution in [0.25, 0.3) is 10.9 Å². The second kappa shape index (κ2) is 6.97. The summed E-state index contributed by atoms with van der Waals surface area (Å²) in [7, 11) is 0. The molecular formula is C15H11F3N4OS. The Labute approximate surface area is 139 Å². The number of hydrogen-bond donors (Lipinski definition) is 1. The summed E-state index contributed by atoms with van der Waals surface area (Å²) in [4.78, 5) is 19.0. The summed E-state index contributed by atoms with van der Waals surface area (Å²) in [6, 6.07) is 7.88. The van der Waals surface area contributed by atoms with E-state index in [0.29, 0.717) is 5.39 Å². The minimum absolute atomic E-state index is 0.0144. The van der Waals surface area contributed by atoms with Gasteiger partial charge >= 0.3 is 6.18 Å². The quantitative estimate of drug-likeness (QED) is 0.505. The lowest BCUT2D eigenvalue weighted by molar-refractivity contribution is -0.145. The molecule has 0 bridgehead atoms. The molecule has 2 rings (SSSR count). The number of alkyl halides is 3. The van der Waals surface area contributed by atoms with Crippen molar-refractivity contribution in [3.63, 3.8) is 0 Å². The van der Waals surface area contributed by atoms with Crippen molar-refractivity contribution in [1.29, 1.82) is 10.7 Å². The molecule has 0 radical (unpaired) electrons. The van der Waals surface area contributed by atoms with Gasteiger partial charge in [-0.25, -0.2) is 9.97 Å². The number of benzene rings is 1.